The monoisotopic (exact) mass is 391 g/mol. The first kappa shape index (κ1) is 19.9. The smallest absolute Gasteiger partial charge is 0.337 e. The zero-order valence-corrected chi connectivity index (χ0v) is 16.1. The maximum absolute atomic E-state index is 12.0. The summed E-state index contributed by atoms with van der Waals surface area (Å²) in [7, 11) is 1.34. The van der Waals surface area contributed by atoms with Gasteiger partial charge in [0, 0.05) is 5.69 Å². The molecule has 1 aromatic heterocycles. The molecule has 0 saturated heterocycles. The molecule has 0 bridgehead atoms. The predicted molar refractivity (Wildman–Crippen MR) is 111 cm³/mol. The number of aromatic nitrogens is 1. The predicted octanol–water partition coefficient (Wildman–Crippen LogP) is 3.94. The third-order valence-corrected chi connectivity index (χ3v) is 4.02. The van der Waals surface area contributed by atoms with Gasteiger partial charge in [-0.3, -0.25) is 4.79 Å². The highest BCUT2D eigenvalue weighted by atomic mass is 16.5. The molecule has 0 unspecified atom stereocenters. The van der Waals surface area contributed by atoms with Crippen molar-refractivity contribution < 1.29 is 19.1 Å². The van der Waals surface area contributed by atoms with Crippen molar-refractivity contribution >= 4 is 29.1 Å². The van der Waals surface area contributed by atoms with Crippen molar-refractivity contribution in [2.75, 3.05) is 24.4 Å². The molecule has 0 spiro atoms. The molecule has 2 N–H and O–H groups in total. The maximum atomic E-state index is 12.0. The van der Waals surface area contributed by atoms with Crippen LogP contribution in [0, 0.1) is 6.92 Å². The van der Waals surface area contributed by atoms with Gasteiger partial charge in [-0.05, 0) is 55.5 Å². The van der Waals surface area contributed by atoms with Crippen molar-refractivity contribution in [1.29, 1.82) is 0 Å². The minimum absolute atomic E-state index is 0.0877. The van der Waals surface area contributed by atoms with Crippen LogP contribution in [0.5, 0.6) is 5.75 Å². The number of aryl methyl sites for hydroxylation is 1. The lowest BCUT2D eigenvalue weighted by atomic mass is 10.2. The number of ether oxygens (including phenoxy) is 2. The lowest BCUT2D eigenvalue weighted by Gasteiger charge is -2.09. The number of hydrogen-bond acceptors (Lipinski definition) is 6. The molecule has 7 heteroatoms. The highest BCUT2D eigenvalue weighted by Gasteiger charge is 2.06. The summed E-state index contributed by atoms with van der Waals surface area (Å²) in [4.78, 5) is 27.7. The Balaban J connectivity index is 1.51. The van der Waals surface area contributed by atoms with Crippen molar-refractivity contribution in [1.82, 2.24) is 4.98 Å². The van der Waals surface area contributed by atoms with Crippen molar-refractivity contribution in [3.05, 3.63) is 78.0 Å². The van der Waals surface area contributed by atoms with Crippen LogP contribution < -0.4 is 15.4 Å². The van der Waals surface area contributed by atoms with Crippen LogP contribution >= 0.6 is 0 Å². The molecule has 1 heterocycles. The quantitative estimate of drug-likeness (QED) is 0.593. The fourth-order valence-electron chi connectivity index (χ4n) is 2.48. The fourth-order valence-corrected chi connectivity index (χ4v) is 2.48. The van der Waals surface area contributed by atoms with Crippen LogP contribution in [0.25, 0.3) is 0 Å². The minimum atomic E-state index is -0.388. The van der Waals surface area contributed by atoms with Gasteiger partial charge in [0.25, 0.3) is 5.91 Å². The number of esters is 1. The van der Waals surface area contributed by atoms with E-state index in [4.69, 9.17) is 4.74 Å². The van der Waals surface area contributed by atoms with Gasteiger partial charge in [-0.2, -0.15) is 0 Å². The first-order valence-electron chi connectivity index (χ1n) is 8.94. The fraction of sp³-hybridized carbons (Fsp3) is 0.136. The highest BCUT2D eigenvalue weighted by Crippen LogP contribution is 2.17. The van der Waals surface area contributed by atoms with Gasteiger partial charge in [-0.15, -0.1) is 0 Å². The van der Waals surface area contributed by atoms with E-state index in [0.717, 1.165) is 11.3 Å². The number of hydrogen-bond donors (Lipinski definition) is 2. The van der Waals surface area contributed by atoms with Gasteiger partial charge in [0.1, 0.15) is 11.6 Å². The van der Waals surface area contributed by atoms with Crippen LogP contribution in [0.15, 0.2) is 66.9 Å². The van der Waals surface area contributed by atoms with Gasteiger partial charge in [0.05, 0.1) is 24.6 Å². The van der Waals surface area contributed by atoms with Gasteiger partial charge in [-0.1, -0.05) is 17.7 Å². The molecule has 0 radical (unpaired) electrons. The molecule has 0 aliphatic carbocycles. The molecular weight excluding hydrogens is 370 g/mol. The summed E-state index contributed by atoms with van der Waals surface area (Å²) < 4.78 is 10.1. The average Bonchev–Trinajstić information content (AvgIpc) is 2.75. The summed E-state index contributed by atoms with van der Waals surface area (Å²) in [5.74, 6) is 0.582. The zero-order chi connectivity index (χ0) is 20.6. The van der Waals surface area contributed by atoms with E-state index < -0.39 is 0 Å². The number of anilines is 3. The molecule has 0 atom stereocenters. The average molecular weight is 391 g/mol. The van der Waals surface area contributed by atoms with E-state index >= 15 is 0 Å². The van der Waals surface area contributed by atoms with Crippen LogP contribution in [-0.2, 0) is 9.53 Å². The maximum Gasteiger partial charge on any atom is 0.337 e. The van der Waals surface area contributed by atoms with Crippen molar-refractivity contribution in [2.24, 2.45) is 0 Å². The molecule has 7 nitrogen and oxygen atoms in total. The number of pyridine rings is 1. The molecule has 0 fully saturated rings. The van der Waals surface area contributed by atoms with Crippen LogP contribution in [0.2, 0.25) is 0 Å². The first-order valence-corrected chi connectivity index (χ1v) is 8.94. The highest BCUT2D eigenvalue weighted by molar-refractivity contribution is 5.92. The van der Waals surface area contributed by atoms with E-state index in [1.807, 2.05) is 31.2 Å². The number of nitrogens with one attached hydrogen (secondary N) is 2. The summed E-state index contributed by atoms with van der Waals surface area (Å²) in [6, 6.07) is 17.8. The summed E-state index contributed by atoms with van der Waals surface area (Å²) in [5, 5.41) is 5.85. The second kappa shape index (κ2) is 9.36. The summed E-state index contributed by atoms with van der Waals surface area (Å²) >= 11 is 0. The van der Waals surface area contributed by atoms with E-state index in [1.165, 1.54) is 7.11 Å². The van der Waals surface area contributed by atoms with E-state index in [9.17, 15) is 9.59 Å². The third kappa shape index (κ3) is 5.80. The number of carbonyl (C=O) groups excluding carboxylic acids is 2. The normalized spacial score (nSPS) is 10.1. The second-order valence-electron chi connectivity index (χ2n) is 6.28. The molecule has 148 valence electrons. The standard InChI is InChI=1S/C22H21N3O4/c1-15-3-10-19(11-4-15)29-14-21(26)25-18-9-12-20(23-13-18)24-17-7-5-16(6-8-17)22(27)28-2/h3-13H,14H2,1-2H3,(H,23,24)(H,25,26). The van der Waals surface area contributed by atoms with Gasteiger partial charge in [0.15, 0.2) is 6.61 Å². The number of methoxy groups -OCH3 is 1. The van der Waals surface area contributed by atoms with E-state index in [0.29, 0.717) is 22.8 Å². The zero-order valence-electron chi connectivity index (χ0n) is 16.1. The number of amides is 1. The van der Waals surface area contributed by atoms with E-state index in [-0.39, 0.29) is 18.5 Å². The molecule has 0 aliphatic rings. The Morgan fingerprint density at radius 1 is 0.931 bits per heavy atom. The first-order chi connectivity index (χ1) is 14.0. The largest absolute Gasteiger partial charge is 0.484 e. The lowest BCUT2D eigenvalue weighted by Crippen LogP contribution is -2.20. The number of carbonyl (C=O) groups is 2. The number of rotatable bonds is 7. The molecule has 1 amide bonds. The molecule has 29 heavy (non-hydrogen) atoms. The van der Waals surface area contributed by atoms with Crippen molar-refractivity contribution in [2.45, 2.75) is 6.92 Å². The van der Waals surface area contributed by atoms with Gasteiger partial charge in [0.2, 0.25) is 0 Å². The van der Waals surface area contributed by atoms with E-state index in [1.54, 1.807) is 42.6 Å². The number of nitrogens with zero attached hydrogens (tertiary/aromatic N) is 1. The Bertz CT molecular complexity index is 968. The van der Waals surface area contributed by atoms with Crippen LogP contribution in [0.4, 0.5) is 17.2 Å². The van der Waals surface area contributed by atoms with Crippen LogP contribution in [0.1, 0.15) is 15.9 Å². The summed E-state index contributed by atoms with van der Waals surface area (Å²) in [6.45, 7) is 1.90. The van der Waals surface area contributed by atoms with Crippen LogP contribution in [-0.4, -0.2) is 30.6 Å². The Morgan fingerprint density at radius 2 is 1.62 bits per heavy atom. The third-order valence-electron chi connectivity index (χ3n) is 4.02. The minimum Gasteiger partial charge on any atom is -0.484 e. The van der Waals surface area contributed by atoms with Crippen molar-refractivity contribution in [3.8, 4) is 5.75 Å². The Labute approximate surface area is 168 Å². The molecule has 0 aliphatic heterocycles. The Hall–Kier alpha value is -3.87. The number of benzene rings is 2. The molecule has 3 aromatic rings. The summed E-state index contributed by atoms with van der Waals surface area (Å²) in [6.07, 6.45) is 1.55. The molecule has 0 saturated carbocycles. The topological polar surface area (TPSA) is 89.6 Å². The SMILES string of the molecule is COC(=O)c1ccc(Nc2ccc(NC(=O)COc3ccc(C)cc3)cn2)cc1. The molecule has 2 aromatic carbocycles. The van der Waals surface area contributed by atoms with Gasteiger partial charge >= 0.3 is 5.97 Å². The van der Waals surface area contributed by atoms with E-state index in [2.05, 4.69) is 20.4 Å². The molecule has 3 rings (SSSR count). The Kier molecular flexibility index (Phi) is 6.42. The second-order valence-corrected chi connectivity index (χ2v) is 6.28. The lowest BCUT2D eigenvalue weighted by molar-refractivity contribution is -0.118. The Morgan fingerprint density at radius 3 is 2.24 bits per heavy atom. The molecular formula is C22H21N3O4. The van der Waals surface area contributed by atoms with Gasteiger partial charge in [-0.25, -0.2) is 9.78 Å². The van der Waals surface area contributed by atoms with Crippen LogP contribution in [0.3, 0.4) is 0 Å². The van der Waals surface area contributed by atoms with Gasteiger partial charge < -0.3 is 20.1 Å². The van der Waals surface area contributed by atoms with Crippen molar-refractivity contribution in [3.63, 3.8) is 0 Å². The summed E-state index contributed by atoms with van der Waals surface area (Å²) in [5.41, 5.74) is 2.93.